The van der Waals surface area contributed by atoms with Crippen LogP contribution in [-0.4, -0.2) is 29.7 Å². The number of amides is 1. The number of nitrogens with zero attached hydrogens (tertiary/aromatic N) is 4. The van der Waals surface area contributed by atoms with Crippen molar-refractivity contribution < 1.29 is 9.90 Å². The van der Waals surface area contributed by atoms with Crippen LogP contribution in [0.3, 0.4) is 0 Å². The normalized spacial score (nSPS) is 11.0. The van der Waals surface area contributed by atoms with Gasteiger partial charge in [0.1, 0.15) is 12.3 Å². The number of anilines is 1. The van der Waals surface area contributed by atoms with Gasteiger partial charge in [-0.3, -0.25) is 14.2 Å². The lowest BCUT2D eigenvalue weighted by Gasteiger charge is -2.10. The van der Waals surface area contributed by atoms with Gasteiger partial charge in [0.25, 0.3) is 5.56 Å². The number of hydrogen-bond acceptors (Lipinski definition) is 5. The van der Waals surface area contributed by atoms with Crippen LogP contribution in [0.4, 0.5) is 5.69 Å². The lowest BCUT2D eigenvalue weighted by Crippen LogP contribution is -2.42. The molecule has 3 aromatic rings. The predicted molar refractivity (Wildman–Crippen MR) is 91.7 cm³/mol. The fourth-order valence-electron chi connectivity index (χ4n) is 2.62. The van der Waals surface area contributed by atoms with E-state index in [1.54, 1.807) is 26.1 Å². The number of phenols is 1. The SMILES string of the molecule is Cc1ccc(NC(=O)Cn2c(=O)c3c(ncn3C)n(C)c2=O)c(O)c1. The highest BCUT2D eigenvalue weighted by atomic mass is 16.3. The number of aromatic nitrogens is 4. The minimum Gasteiger partial charge on any atom is -0.506 e. The highest BCUT2D eigenvalue weighted by molar-refractivity contribution is 5.92. The van der Waals surface area contributed by atoms with Gasteiger partial charge in [-0.25, -0.2) is 14.3 Å². The van der Waals surface area contributed by atoms with Crippen LogP contribution >= 0.6 is 0 Å². The van der Waals surface area contributed by atoms with Gasteiger partial charge >= 0.3 is 5.69 Å². The number of phenolic OH excluding ortho intramolecular Hbond substituents is 1. The van der Waals surface area contributed by atoms with Crippen LogP contribution in [0, 0.1) is 6.92 Å². The van der Waals surface area contributed by atoms with Crippen molar-refractivity contribution in [1.82, 2.24) is 18.7 Å². The number of carbonyl (C=O) groups excluding carboxylic acids is 1. The molecule has 0 aliphatic heterocycles. The van der Waals surface area contributed by atoms with E-state index in [0.717, 1.165) is 10.1 Å². The number of imidazole rings is 1. The second-order valence-electron chi connectivity index (χ2n) is 5.83. The van der Waals surface area contributed by atoms with Gasteiger partial charge in [0.15, 0.2) is 11.2 Å². The largest absolute Gasteiger partial charge is 0.506 e. The Morgan fingerprint density at radius 2 is 2.00 bits per heavy atom. The molecule has 2 N–H and O–H groups in total. The molecule has 0 saturated carbocycles. The second-order valence-corrected chi connectivity index (χ2v) is 5.83. The molecule has 0 unspecified atom stereocenters. The van der Waals surface area contributed by atoms with Crippen molar-refractivity contribution in [2.75, 3.05) is 5.32 Å². The molecule has 0 aliphatic carbocycles. The van der Waals surface area contributed by atoms with Crippen molar-refractivity contribution in [3.05, 3.63) is 50.9 Å². The molecule has 9 nitrogen and oxygen atoms in total. The smallest absolute Gasteiger partial charge is 0.332 e. The second kappa shape index (κ2) is 5.93. The van der Waals surface area contributed by atoms with Crippen molar-refractivity contribution in [2.24, 2.45) is 14.1 Å². The fourth-order valence-corrected chi connectivity index (χ4v) is 2.62. The molecule has 0 spiro atoms. The first kappa shape index (κ1) is 16.5. The average molecular weight is 343 g/mol. The molecule has 2 heterocycles. The molecule has 1 aromatic carbocycles. The van der Waals surface area contributed by atoms with Gasteiger partial charge in [-0.2, -0.15) is 0 Å². The van der Waals surface area contributed by atoms with E-state index in [0.29, 0.717) is 0 Å². The molecule has 130 valence electrons. The minimum atomic E-state index is -0.639. The Hall–Kier alpha value is -3.36. The summed E-state index contributed by atoms with van der Waals surface area (Å²) in [5.74, 6) is -0.685. The molecule has 2 aromatic heterocycles. The number of rotatable bonds is 3. The van der Waals surface area contributed by atoms with Crippen LogP contribution in [0.5, 0.6) is 5.75 Å². The molecule has 0 fully saturated rings. The van der Waals surface area contributed by atoms with Gasteiger partial charge < -0.3 is 15.0 Å². The molecule has 0 aliphatic rings. The van der Waals surface area contributed by atoms with Gasteiger partial charge in [-0.1, -0.05) is 6.07 Å². The highest BCUT2D eigenvalue weighted by Gasteiger charge is 2.17. The Morgan fingerprint density at radius 1 is 1.28 bits per heavy atom. The molecule has 1 amide bonds. The molecular formula is C16H17N5O4. The van der Waals surface area contributed by atoms with Gasteiger partial charge in [0.05, 0.1) is 12.0 Å². The molecule has 0 atom stereocenters. The first-order valence-electron chi connectivity index (χ1n) is 7.50. The molecular weight excluding hydrogens is 326 g/mol. The lowest BCUT2D eigenvalue weighted by atomic mass is 10.2. The number of carbonyl (C=O) groups is 1. The summed E-state index contributed by atoms with van der Waals surface area (Å²) in [7, 11) is 3.12. The summed E-state index contributed by atoms with van der Waals surface area (Å²) >= 11 is 0. The number of aryl methyl sites for hydroxylation is 3. The zero-order chi connectivity index (χ0) is 18.3. The summed E-state index contributed by atoms with van der Waals surface area (Å²) in [4.78, 5) is 41.2. The van der Waals surface area contributed by atoms with E-state index in [2.05, 4.69) is 10.3 Å². The Morgan fingerprint density at radius 3 is 2.68 bits per heavy atom. The third-order valence-corrected chi connectivity index (χ3v) is 3.93. The maximum atomic E-state index is 12.5. The van der Waals surface area contributed by atoms with Crippen LogP contribution in [0.1, 0.15) is 5.56 Å². The summed E-state index contributed by atoms with van der Waals surface area (Å²) in [5, 5.41) is 12.3. The van der Waals surface area contributed by atoms with Gasteiger partial charge in [0.2, 0.25) is 5.91 Å². The summed E-state index contributed by atoms with van der Waals surface area (Å²) in [6.45, 7) is 1.33. The Labute approximate surface area is 141 Å². The molecule has 0 saturated heterocycles. The quantitative estimate of drug-likeness (QED) is 0.655. The van der Waals surface area contributed by atoms with E-state index in [4.69, 9.17) is 0 Å². The van der Waals surface area contributed by atoms with Crippen LogP contribution in [0.15, 0.2) is 34.1 Å². The summed E-state index contributed by atoms with van der Waals surface area (Å²) in [6, 6.07) is 4.78. The number of benzene rings is 1. The third kappa shape index (κ3) is 2.80. The minimum absolute atomic E-state index is 0.0873. The number of hydrogen-bond donors (Lipinski definition) is 2. The van der Waals surface area contributed by atoms with Gasteiger partial charge in [-0.15, -0.1) is 0 Å². The lowest BCUT2D eigenvalue weighted by molar-refractivity contribution is -0.116. The van der Waals surface area contributed by atoms with E-state index in [1.165, 1.54) is 28.6 Å². The van der Waals surface area contributed by atoms with Crippen molar-refractivity contribution in [2.45, 2.75) is 13.5 Å². The Kier molecular flexibility index (Phi) is 3.91. The zero-order valence-corrected chi connectivity index (χ0v) is 14.0. The molecule has 25 heavy (non-hydrogen) atoms. The Balaban J connectivity index is 1.98. The zero-order valence-electron chi connectivity index (χ0n) is 14.0. The maximum Gasteiger partial charge on any atom is 0.332 e. The monoisotopic (exact) mass is 343 g/mol. The van der Waals surface area contributed by atoms with Gasteiger partial charge in [0, 0.05) is 14.1 Å². The molecule has 3 rings (SSSR count). The van der Waals surface area contributed by atoms with Crippen molar-refractivity contribution in [1.29, 1.82) is 0 Å². The van der Waals surface area contributed by atoms with E-state index in [9.17, 15) is 19.5 Å². The van der Waals surface area contributed by atoms with Crippen molar-refractivity contribution in [3.8, 4) is 5.75 Å². The summed E-state index contributed by atoms with van der Waals surface area (Å²) in [6.07, 6.45) is 1.43. The van der Waals surface area contributed by atoms with Crippen LogP contribution in [-0.2, 0) is 25.4 Å². The van der Waals surface area contributed by atoms with E-state index in [-0.39, 0.29) is 22.6 Å². The van der Waals surface area contributed by atoms with Crippen molar-refractivity contribution in [3.63, 3.8) is 0 Å². The first-order valence-corrected chi connectivity index (χ1v) is 7.50. The molecule has 9 heteroatoms. The third-order valence-electron chi connectivity index (χ3n) is 3.93. The first-order chi connectivity index (χ1) is 11.8. The number of aromatic hydroxyl groups is 1. The van der Waals surface area contributed by atoms with Gasteiger partial charge in [-0.05, 0) is 24.6 Å². The predicted octanol–water partition coefficient (Wildman–Crippen LogP) is 0.0864. The van der Waals surface area contributed by atoms with E-state index < -0.39 is 23.7 Å². The summed E-state index contributed by atoms with van der Waals surface area (Å²) < 4.78 is 3.55. The summed E-state index contributed by atoms with van der Waals surface area (Å²) in [5.41, 5.74) is 0.295. The standard InChI is InChI=1S/C16H17N5O4/c1-9-4-5-10(11(22)6-9)18-12(23)7-21-15(24)13-14(17-8-19(13)2)20(3)16(21)25/h4-6,8,22H,7H2,1-3H3,(H,18,23). The molecule has 0 bridgehead atoms. The molecule has 0 radical (unpaired) electrons. The van der Waals surface area contributed by atoms with Crippen LogP contribution in [0.25, 0.3) is 11.2 Å². The highest BCUT2D eigenvalue weighted by Crippen LogP contribution is 2.23. The maximum absolute atomic E-state index is 12.5. The van der Waals surface area contributed by atoms with E-state index in [1.807, 2.05) is 0 Å². The average Bonchev–Trinajstić information content (AvgIpc) is 2.94. The number of fused-ring (bicyclic) bond motifs is 1. The van der Waals surface area contributed by atoms with E-state index >= 15 is 0 Å². The fraction of sp³-hybridized carbons (Fsp3) is 0.250. The van der Waals surface area contributed by atoms with Crippen molar-refractivity contribution >= 4 is 22.8 Å². The van der Waals surface area contributed by atoms with Crippen LogP contribution < -0.4 is 16.6 Å². The van der Waals surface area contributed by atoms with Crippen LogP contribution in [0.2, 0.25) is 0 Å². The topological polar surface area (TPSA) is 111 Å². The number of nitrogens with one attached hydrogen (secondary N) is 1. The Bertz CT molecular complexity index is 1110.